The molecule has 119 valence electrons. The lowest BCUT2D eigenvalue weighted by molar-refractivity contribution is 0.0989. The van der Waals surface area contributed by atoms with E-state index in [1.807, 2.05) is 0 Å². The Morgan fingerprint density at radius 3 is 2.65 bits per heavy atom. The molecule has 3 rings (SSSR count). The number of aromatic nitrogens is 2. The molecule has 0 saturated heterocycles. The van der Waals surface area contributed by atoms with Crippen LogP contribution in [-0.2, 0) is 23.0 Å². The van der Waals surface area contributed by atoms with Gasteiger partial charge < -0.3 is 5.73 Å². The molecule has 0 atom stereocenters. The summed E-state index contributed by atoms with van der Waals surface area (Å²) in [5, 5.41) is 0. The summed E-state index contributed by atoms with van der Waals surface area (Å²) in [6, 6.07) is 4.60. The Kier molecular flexibility index (Phi) is 3.82. The zero-order valence-electron chi connectivity index (χ0n) is 11.9. The first-order valence-electron chi connectivity index (χ1n) is 6.71. The lowest BCUT2D eigenvalue weighted by Crippen LogP contribution is -2.37. The molecule has 0 spiro atoms. The Labute approximate surface area is 132 Å². The number of sulfonamides is 1. The largest absolute Gasteiger partial charge is 0.363 e. The number of fused-ring (bicyclic) bond motifs is 1. The van der Waals surface area contributed by atoms with Gasteiger partial charge in [-0.15, -0.1) is 0 Å². The first kappa shape index (κ1) is 15.5. The maximum absolute atomic E-state index is 13.0. The molecule has 1 aliphatic rings. The van der Waals surface area contributed by atoms with Crippen LogP contribution in [0.5, 0.6) is 0 Å². The van der Waals surface area contributed by atoms with Crippen molar-refractivity contribution in [3.8, 4) is 0 Å². The van der Waals surface area contributed by atoms with E-state index in [1.165, 1.54) is 16.4 Å². The standard InChI is InChI=1S/C14H12FN4O3S/c15-10-1-3-11(4-2-10)23(21,22)19-6-5-9-7-17-14(13(16)20)18-12(9)8-19/h1-4H,5-6,8H2,(H2,16,20). The molecule has 0 unspecified atom stereocenters. The van der Waals surface area contributed by atoms with Crippen molar-refractivity contribution in [2.75, 3.05) is 6.54 Å². The molecular weight excluding hydrogens is 323 g/mol. The molecule has 2 aromatic rings. The molecule has 7 nitrogen and oxygen atoms in total. The number of amides is 1. The van der Waals surface area contributed by atoms with Crippen LogP contribution in [0.2, 0.25) is 0 Å². The van der Waals surface area contributed by atoms with E-state index in [0.717, 1.165) is 12.1 Å². The summed E-state index contributed by atoms with van der Waals surface area (Å²) < 4.78 is 39.3. The molecule has 23 heavy (non-hydrogen) atoms. The molecular formula is C14H12FN4O3S. The first-order chi connectivity index (χ1) is 10.9. The Balaban J connectivity index is 1.93. The minimum atomic E-state index is -3.78. The molecule has 2 heterocycles. The highest BCUT2D eigenvalue weighted by atomic mass is 32.2. The van der Waals surface area contributed by atoms with Crippen LogP contribution in [0.1, 0.15) is 21.9 Å². The maximum Gasteiger partial charge on any atom is 0.286 e. The van der Waals surface area contributed by atoms with Gasteiger partial charge in [-0.2, -0.15) is 4.31 Å². The van der Waals surface area contributed by atoms with Crippen LogP contribution in [0.25, 0.3) is 0 Å². The van der Waals surface area contributed by atoms with Gasteiger partial charge >= 0.3 is 0 Å². The Hall–Kier alpha value is -2.39. The Morgan fingerprint density at radius 2 is 2.00 bits per heavy atom. The summed E-state index contributed by atoms with van der Waals surface area (Å²) in [7, 11) is -3.78. The molecule has 0 bridgehead atoms. The fourth-order valence-corrected chi connectivity index (χ4v) is 3.69. The number of hydrogen-bond donors (Lipinski definition) is 1. The van der Waals surface area contributed by atoms with Gasteiger partial charge in [0.25, 0.3) is 5.91 Å². The SMILES string of the molecule is NC(=O)c1n[c]c2c(n1)CN(S(=O)(=O)c1ccc(F)cc1)CC2. The van der Waals surface area contributed by atoms with E-state index in [1.54, 1.807) is 0 Å². The first-order valence-corrected chi connectivity index (χ1v) is 8.15. The average molecular weight is 335 g/mol. The molecule has 1 aromatic carbocycles. The monoisotopic (exact) mass is 335 g/mol. The predicted molar refractivity (Wildman–Crippen MR) is 77.1 cm³/mol. The lowest BCUT2D eigenvalue weighted by atomic mass is 10.1. The van der Waals surface area contributed by atoms with Gasteiger partial charge in [0.15, 0.2) is 0 Å². The van der Waals surface area contributed by atoms with Gasteiger partial charge in [0.05, 0.1) is 23.3 Å². The summed E-state index contributed by atoms with van der Waals surface area (Å²) in [6.07, 6.45) is 3.04. The fourth-order valence-electron chi connectivity index (χ4n) is 2.29. The fraction of sp³-hybridized carbons (Fsp3) is 0.214. The number of hydrogen-bond acceptors (Lipinski definition) is 5. The Bertz CT molecular complexity index is 868. The second kappa shape index (κ2) is 5.67. The van der Waals surface area contributed by atoms with Gasteiger partial charge in [-0.1, -0.05) is 0 Å². The summed E-state index contributed by atoms with van der Waals surface area (Å²) >= 11 is 0. The zero-order chi connectivity index (χ0) is 16.6. The van der Waals surface area contributed by atoms with Crippen LogP contribution in [0.4, 0.5) is 4.39 Å². The number of rotatable bonds is 3. The Morgan fingerprint density at radius 1 is 1.30 bits per heavy atom. The average Bonchev–Trinajstić information content (AvgIpc) is 2.54. The highest BCUT2D eigenvalue weighted by Crippen LogP contribution is 2.23. The number of primary amides is 1. The van der Waals surface area contributed by atoms with Crippen molar-refractivity contribution in [2.24, 2.45) is 5.73 Å². The topological polar surface area (TPSA) is 106 Å². The third-order valence-electron chi connectivity index (χ3n) is 3.50. The molecule has 0 aliphatic carbocycles. The molecule has 0 fully saturated rings. The highest BCUT2D eigenvalue weighted by Gasteiger charge is 2.29. The van der Waals surface area contributed by atoms with Crippen LogP contribution in [-0.4, -0.2) is 35.1 Å². The highest BCUT2D eigenvalue weighted by molar-refractivity contribution is 7.89. The van der Waals surface area contributed by atoms with E-state index in [9.17, 15) is 17.6 Å². The van der Waals surface area contributed by atoms with Gasteiger partial charge in [0.1, 0.15) is 5.82 Å². The molecule has 9 heteroatoms. The second-order valence-corrected chi connectivity index (χ2v) is 6.93. The van der Waals surface area contributed by atoms with E-state index in [0.29, 0.717) is 17.7 Å². The summed E-state index contributed by atoms with van der Waals surface area (Å²) in [5.74, 6) is -1.52. The summed E-state index contributed by atoms with van der Waals surface area (Å²) in [6.45, 7) is 0.205. The third kappa shape index (κ3) is 2.92. The van der Waals surface area contributed by atoms with E-state index in [2.05, 4.69) is 16.2 Å². The van der Waals surface area contributed by atoms with Crippen molar-refractivity contribution in [3.05, 3.63) is 53.4 Å². The summed E-state index contributed by atoms with van der Waals surface area (Å²) in [5.41, 5.74) is 6.17. The number of halogens is 1. The van der Waals surface area contributed by atoms with Crippen molar-refractivity contribution in [1.29, 1.82) is 0 Å². The quantitative estimate of drug-likeness (QED) is 0.866. The molecule has 1 aliphatic heterocycles. The molecule has 1 amide bonds. The molecule has 1 aromatic heterocycles. The number of carbonyl (C=O) groups is 1. The van der Waals surface area contributed by atoms with Crippen molar-refractivity contribution in [3.63, 3.8) is 0 Å². The van der Waals surface area contributed by atoms with Gasteiger partial charge in [0, 0.05) is 12.1 Å². The number of nitrogens with zero attached hydrogens (tertiary/aromatic N) is 3. The zero-order valence-corrected chi connectivity index (χ0v) is 12.7. The van der Waals surface area contributed by atoms with Crippen molar-refractivity contribution >= 4 is 15.9 Å². The van der Waals surface area contributed by atoms with Gasteiger partial charge in [-0.25, -0.2) is 22.8 Å². The number of nitrogens with two attached hydrogens (primary N) is 1. The van der Waals surface area contributed by atoms with Crippen molar-refractivity contribution in [2.45, 2.75) is 17.9 Å². The predicted octanol–water partition coefficient (Wildman–Crippen LogP) is 0.262. The maximum atomic E-state index is 13.0. The molecule has 0 saturated carbocycles. The van der Waals surface area contributed by atoms with E-state index in [-0.39, 0.29) is 23.8 Å². The van der Waals surface area contributed by atoms with Crippen molar-refractivity contribution < 1.29 is 17.6 Å². The van der Waals surface area contributed by atoms with E-state index >= 15 is 0 Å². The van der Waals surface area contributed by atoms with Crippen LogP contribution >= 0.6 is 0 Å². The molecule has 1 radical (unpaired) electrons. The number of carbonyl (C=O) groups excluding carboxylic acids is 1. The van der Waals surface area contributed by atoms with Crippen LogP contribution in [0.3, 0.4) is 0 Å². The normalized spacial score (nSPS) is 15.2. The van der Waals surface area contributed by atoms with E-state index in [4.69, 9.17) is 5.73 Å². The lowest BCUT2D eigenvalue weighted by Gasteiger charge is -2.27. The minimum Gasteiger partial charge on any atom is -0.363 e. The number of benzene rings is 1. The smallest absolute Gasteiger partial charge is 0.286 e. The van der Waals surface area contributed by atoms with Crippen LogP contribution < -0.4 is 5.73 Å². The third-order valence-corrected chi connectivity index (χ3v) is 5.35. The van der Waals surface area contributed by atoms with Gasteiger partial charge in [-0.05, 0) is 30.7 Å². The molecule has 2 N–H and O–H groups in total. The summed E-state index contributed by atoms with van der Waals surface area (Å²) in [4.78, 5) is 18.9. The van der Waals surface area contributed by atoms with Crippen LogP contribution in [0, 0.1) is 12.0 Å². The van der Waals surface area contributed by atoms with Crippen molar-refractivity contribution in [1.82, 2.24) is 14.3 Å². The minimum absolute atomic E-state index is 0.00416. The van der Waals surface area contributed by atoms with Gasteiger partial charge in [0.2, 0.25) is 15.8 Å². The van der Waals surface area contributed by atoms with Crippen LogP contribution in [0.15, 0.2) is 29.2 Å². The van der Waals surface area contributed by atoms with Gasteiger partial charge in [-0.3, -0.25) is 4.79 Å². The van der Waals surface area contributed by atoms with E-state index < -0.39 is 21.7 Å². The second-order valence-electron chi connectivity index (χ2n) is 4.99.